The molecule has 36 nitrogen and oxygen atoms in total. The molecule has 120 heavy (non-hydrogen) atoms. The van der Waals surface area contributed by atoms with Crippen molar-refractivity contribution in [2.24, 2.45) is 29.6 Å². The number of aliphatic hydroxyl groups excluding tert-OH is 8. The summed E-state index contributed by atoms with van der Waals surface area (Å²) >= 11 is 0. The van der Waals surface area contributed by atoms with Crippen LogP contribution in [0.1, 0.15) is 128 Å². The lowest BCUT2D eigenvalue weighted by atomic mass is 9.81. The third-order valence-electron chi connectivity index (χ3n) is 23.6. The maximum Gasteiger partial charge on any atom is 0.0999 e. The van der Waals surface area contributed by atoms with Gasteiger partial charge in [0.05, 0.1) is 268 Å². The average Bonchev–Trinajstić information content (AvgIpc) is 1.63. The maximum absolute atomic E-state index is 9.68. The third-order valence-corrected chi connectivity index (χ3v) is 23.6. The Balaban J connectivity index is 0.000000110. The van der Waals surface area contributed by atoms with Gasteiger partial charge >= 0.3 is 0 Å². The smallest absolute Gasteiger partial charge is 0.0999 e. The van der Waals surface area contributed by atoms with Crippen LogP contribution < -0.4 is 0 Å². The van der Waals surface area contributed by atoms with Crippen molar-refractivity contribution in [2.45, 2.75) is 166 Å². The van der Waals surface area contributed by atoms with E-state index in [9.17, 15) is 25.5 Å². The molecule has 16 aromatic rings. The van der Waals surface area contributed by atoms with Gasteiger partial charge in [0.2, 0.25) is 0 Å². The number of hydrogen-bond donors (Lipinski definition) is 8. The summed E-state index contributed by atoms with van der Waals surface area (Å²) < 4.78 is 22.0. The van der Waals surface area contributed by atoms with Gasteiger partial charge in [-0.15, -0.1) is 0 Å². The van der Waals surface area contributed by atoms with Gasteiger partial charge in [-0.25, -0.2) is 38.0 Å². The molecule has 21 rings (SSSR count). The zero-order chi connectivity index (χ0) is 82.2. The molecule has 0 radical (unpaired) electrons. The molecular formula is C84H98N28O8. The molecule has 36 heteroatoms. The van der Waals surface area contributed by atoms with Gasteiger partial charge in [-0.2, -0.15) is 61.2 Å². The molecule has 0 aliphatic heterocycles. The van der Waals surface area contributed by atoms with E-state index in [0.29, 0.717) is 35.8 Å². The standard InChI is InChI=1S/C22H25N7O2.2C21H25N7O2.C20H23N7O2/c30-13-18(31)11-27-9-16(7-24-27)19-12-28-20(5-6-23-28)21(26-19)17-8-25-29(10-17)22(14-1-2-14)15-3-4-15;1-2-19(14-3-4-14)27-10-16(8-24-27)21-20-5-6-22-28(20)11-18(25-21)15-7-23-26(9-15)17(12-29)13-30;1-2-19(14-3-4-14)27-10-16(8-24-27)21-20-5-6-22-28(20)12-18(25-21)15-7-23-26(9-15)11-17(30)13-29;1-13-2-3-18(13)26-9-15(7-23-26)20-19-4-5-21-27(19)11-17(24-20)14-6-22-25(8-14)10-16(29)12-28/h5-10,12,14-15,18,22,30-31H,1-4,11,13H2;5-11,14,17,19,29-30H,2-4,12-13H2,1H3;5-10,12,14,17,19,29-30H,2-4,11,13H2,1H3;4-9,11,13,16,18,28-29H,2-3,10,12H2,1H3/t18-;;17-,19?;13-,16-,18?/m1.11/s1. The molecular weight excluding hydrogens is 1530 g/mol. The van der Waals surface area contributed by atoms with Crippen molar-refractivity contribution in [1.29, 1.82) is 0 Å². The van der Waals surface area contributed by atoms with E-state index < -0.39 is 24.4 Å². The largest absolute Gasteiger partial charge is 0.394 e. The van der Waals surface area contributed by atoms with Gasteiger partial charge in [0.25, 0.3) is 0 Å². The van der Waals surface area contributed by atoms with Gasteiger partial charge in [-0.1, -0.05) is 20.8 Å². The van der Waals surface area contributed by atoms with Crippen LogP contribution in [0.25, 0.3) is 112 Å². The van der Waals surface area contributed by atoms with Crippen LogP contribution in [-0.2, 0) is 19.6 Å². The van der Waals surface area contributed by atoms with Crippen molar-refractivity contribution in [3.05, 3.63) is 173 Å². The van der Waals surface area contributed by atoms with Crippen LogP contribution in [0, 0.1) is 29.6 Å². The predicted octanol–water partition coefficient (Wildman–Crippen LogP) is 8.46. The van der Waals surface area contributed by atoms with Crippen molar-refractivity contribution in [3.63, 3.8) is 0 Å². The van der Waals surface area contributed by atoms with Crippen molar-refractivity contribution in [2.75, 3.05) is 33.0 Å². The second-order valence-corrected chi connectivity index (χ2v) is 32.4. The van der Waals surface area contributed by atoms with E-state index in [1.54, 1.807) is 89.7 Å². The SMILES string of the molecule is CCC(C1CC1)n1cc(-c2nc(-c3cnn(C(CO)CO)c3)cn3nccc23)cn1.CCC(C1CC1)n1cc(-c2nc(-c3cnn(C[C@@H](O)CO)c3)cn3nccc23)cn1.C[C@@H]1CCC1n1cc(-c2nc(-c3cnn(C[C@@H](O)CO)c3)cn3nccc23)cn1.OC[C@H](O)Cn1cc(-c2cn3nccc3c(-c3cnn(C(C4CC4)C4CC4)c3)n2)cn1. The quantitative estimate of drug-likeness (QED) is 0.0209. The molecule has 5 fully saturated rings. The fourth-order valence-corrected chi connectivity index (χ4v) is 16.3. The second-order valence-electron chi connectivity index (χ2n) is 32.4. The molecule has 622 valence electrons. The normalized spacial score (nSPS) is 17.3. The molecule has 3 unspecified atom stereocenters. The summed E-state index contributed by atoms with van der Waals surface area (Å²) in [5.74, 6) is 3.66. The number of nitrogens with zero attached hydrogens (tertiary/aromatic N) is 28. The maximum atomic E-state index is 9.68. The molecule has 16 heterocycles. The van der Waals surface area contributed by atoms with E-state index in [1.165, 1.54) is 57.8 Å². The minimum atomic E-state index is -0.848. The molecule has 5 aliphatic carbocycles. The summed E-state index contributed by atoms with van der Waals surface area (Å²) in [6, 6.07) is 9.19. The fourth-order valence-electron chi connectivity index (χ4n) is 16.3. The first-order valence-electron chi connectivity index (χ1n) is 41.5. The number of aliphatic hydroxyl groups is 8. The highest BCUT2D eigenvalue weighted by Crippen LogP contribution is 2.52. The molecule has 0 aromatic carbocycles. The van der Waals surface area contributed by atoms with E-state index >= 15 is 0 Å². The van der Waals surface area contributed by atoms with Crippen molar-refractivity contribution < 1.29 is 40.9 Å². The summed E-state index contributed by atoms with van der Waals surface area (Å²) in [7, 11) is 0. The van der Waals surface area contributed by atoms with Crippen molar-refractivity contribution in [3.8, 4) is 90.1 Å². The number of aromatic nitrogens is 28. The van der Waals surface area contributed by atoms with Crippen LogP contribution in [-0.4, -0.2) is 229 Å². The minimum Gasteiger partial charge on any atom is -0.394 e. The summed E-state index contributed by atoms with van der Waals surface area (Å²) in [5.41, 5.74) is 17.0. The highest BCUT2D eigenvalue weighted by atomic mass is 16.3. The van der Waals surface area contributed by atoms with E-state index in [2.05, 4.69) is 120 Å². The van der Waals surface area contributed by atoms with Gasteiger partial charge in [-0.3, -0.25) is 37.5 Å². The summed E-state index contributed by atoms with van der Waals surface area (Å²) in [6.07, 6.45) is 56.8. The second kappa shape index (κ2) is 34.3. The topological polar surface area (TPSA) is 425 Å². The lowest BCUT2D eigenvalue weighted by Gasteiger charge is -2.33. The highest BCUT2D eigenvalue weighted by Gasteiger charge is 2.43. The van der Waals surface area contributed by atoms with Crippen LogP contribution in [0.2, 0.25) is 0 Å². The van der Waals surface area contributed by atoms with Gasteiger partial charge in [0.1, 0.15) is 0 Å². The Bertz CT molecular complexity index is 6130. The first kappa shape index (κ1) is 79.0. The van der Waals surface area contributed by atoms with Gasteiger partial charge in [-0.05, 0) is 131 Å². The van der Waals surface area contributed by atoms with Crippen LogP contribution in [0.15, 0.2) is 173 Å². The molecule has 5 aliphatic rings. The van der Waals surface area contributed by atoms with E-state index in [0.717, 1.165) is 149 Å². The zero-order valence-corrected chi connectivity index (χ0v) is 66.9. The van der Waals surface area contributed by atoms with Crippen LogP contribution >= 0.6 is 0 Å². The molecule has 16 aromatic heterocycles. The van der Waals surface area contributed by atoms with Gasteiger partial charge < -0.3 is 40.9 Å². The van der Waals surface area contributed by atoms with Crippen molar-refractivity contribution >= 4 is 22.1 Å². The van der Waals surface area contributed by atoms with Crippen LogP contribution in [0.5, 0.6) is 0 Å². The minimum absolute atomic E-state index is 0.187. The van der Waals surface area contributed by atoms with Gasteiger partial charge in [0, 0.05) is 94.1 Å². The molecule has 8 N–H and O–H groups in total. The van der Waals surface area contributed by atoms with Crippen LogP contribution in [0.4, 0.5) is 0 Å². The van der Waals surface area contributed by atoms with Crippen molar-refractivity contribution in [1.82, 2.24) is 137 Å². The molecule has 0 saturated heterocycles. The lowest BCUT2D eigenvalue weighted by molar-refractivity contribution is 0.0782. The Hall–Kier alpha value is -12.2. The Morgan fingerprint density at radius 1 is 0.325 bits per heavy atom. The van der Waals surface area contributed by atoms with E-state index in [-0.39, 0.29) is 52.7 Å². The monoisotopic (exact) mass is 1630 g/mol. The third kappa shape index (κ3) is 16.8. The first-order chi connectivity index (χ1) is 58.7. The molecule has 0 bridgehead atoms. The van der Waals surface area contributed by atoms with E-state index in [4.69, 9.17) is 40.4 Å². The Morgan fingerprint density at radius 2 is 0.642 bits per heavy atom. The molecule has 0 amide bonds. The van der Waals surface area contributed by atoms with Gasteiger partial charge in [0.15, 0.2) is 0 Å². The number of fused-ring (bicyclic) bond motifs is 4. The average molecular weight is 1630 g/mol. The summed E-state index contributed by atoms with van der Waals surface area (Å²) in [5, 5.41) is 128. The Labute approximate surface area is 688 Å². The predicted molar refractivity (Wildman–Crippen MR) is 440 cm³/mol. The molecule has 0 spiro atoms. The Kier molecular flexibility index (Phi) is 22.6. The summed E-state index contributed by atoms with van der Waals surface area (Å²) in [4.78, 5) is 19.6. The first-order valence-corrected chi connectivity index (χ1v) is 41.5. The summed E-state index contributed by atoms with van der Waals surface area (Å²) in [6.45, 7) is 6.06. The van der Waals surface area contributed by atoms with Crippen LogP contribution in [0.3, 0.4) is 0 Å². The lowest BCUT2D eigenvalue weighted by Crippen LogP contribution is -2.26. The number of hydrogen-bond acceptors (Lipinski definition) is 24. The molecule has 5 saturated carbocycles. The number of rotatable bonds is 30. The highest BCUT2D eigenvalue weighted by molar-refractivity contribution is 5.81. The Morgan fingerprint density at radius 3 is 0.975 bits per heavy atom. The van der Waals surface area contributed by atoms with E-state index in [1.807, 2.05) is 95.3 Å². The molecule has 7 atom stereocenters. The zero-order valence-electron chi connectivity index (χ0n) is 66.9. The fraction of sp³-hybridized carbons (Fsp3) is 0.429.